The lowest BCUT2D eigenvalue weighted by Crippen LogP contribution is -2.21. The molecule has 0 atom stereocenters. The second-order valence-corrected chi connectivity index (χ2v) is 2.60. The first kappa shape index (κ1) is 11.6. The molecule has 0 saturated heterocycles. The molecule has 9 heavy (non-hydrogen) atoms. The van der Waals surface area contributed by atoms with Crippen molar-refractivity contribution < 1.29 is 15.6 Å². The third kappa shape index (κ3) is 5.76. The van der Waals surface area contributed by atoms with Crippen molar-refractivity contribution in [3.05, 3.63) is 0 Å². The molecule has 0 rings (SSSR count). The van der Waals surface area contributed by atoms with Gasteiger partial charge in [-0.15, -0.1) is 0 Å². The van der Waals surface area contributed by atoms with Crippen molar-refractivity contribution in [1.82, 2.24) is 0 Å². The average molecular weight is 136 g/mol. The van der Waals surface area contributed by atoms with Crippen molar-refractivity contribution in [2.45, 2.75) is 39.2 Å². The molecule has 0 amide bonds. The predicted octanol–water partition coefficient (Wildman–Crippen LogP) is 1.23. The summed E-state index contributed by atoms with van der Waals surface area (Å²) >= 11 is 0. The molecule has 3 nitrogen and oxygen atoms in total. The molecular weight excluding hydrogens is 120 g/mol. The first-order valence-corrected chi connectivity index (χ1v) is 2.95. The van der Waals surface area contributed by atoms with Crippen LogP contribution in [0.25, 0.3) is 0 Å². The third-order valence-electron chi connectivity index (χ3n) is 1.10. The molecule has 58 valence electrons. The fraction of sp³-hybridized carbons (Fsp3) is 1.00. The highest BCUT2D eigenvalue weighted by Gasteiger charge is 2.15. The van der Waals surface area contributed by atoms with Crippen molar-refractivity contribution in [1.29, 1.82) is 0 Å². The van der Waals surface area contributed by atoms with Gasteiger partial charge in [0, 0.05) is 0 Å². The highest BCUT2D eigenvalue weighted by atomic mass is 17.1. The molecule has 0 aliphatic heterocycles. The first-order chi connectivity index (χ1) is 3.62. The molecule has 0 aliphatic rings. The highest BCUT2D eigenvalue weighted by Crippen LogP contribution is 2.13. The van der Waals surface area contributed by atoms with E-state index in [0.29, 0.717) is 0 Å². The lowest BCUT2D eigenvalue weighted by atomic mass is 10.0. The second kappa shape index (κ2) is 4.73. The smallest absolute Gasteiger partial charge is 0.0977 e. The molecule has 0 aromatic rings. The Morgan fingerprint density at radius 1 is 1.44 bits per heavy atom. The lowest BCUT2D eigenvalue weighted by Gasteiger charge is -2.18. The van der Waals surface area contributed by atoms with Gasteiger partial charge in [0.25, 0.3) is 0 Å². The minimum absolute atomic E-state index is 0. The van der Waals surface area contributed by atoms with Crippen LogP contribution >= 0.6 is 0 Å². The van der Waals surface area contributed by atoms with E-state index in [0.717, 1.165) is 12.8 Å². The minimum Gasteiger partial charge on any atom is -0.412 e. The van der Waals surface area contributed by atoms with Crippen LogP contribution < -0.4 is 0 Å². The fourth-order valence-corrected chi connectivity index (χ4v) is 0.648. The second-order valence-electron chi connectivity index (χ2n) is 2.60. The maximum atomic E-state index is 8.23. The molecule has 3 heteroatoms. The quantitative estimate of drug-likeness (QED) is 0.468. The third-order valence-corrected chi connectivity index (χ3v) is 1.10. The van der Waals surface area contributed by atoms with E-state index in [-0.39, 0.29) is 11.1 Å². The summed E-state index contributed by atoms with van der Waals surface area (Å²) in [6, 6.07) is 0. The van der Waals surface area contributed by atoms with E-state index in [1.807, 2.05) is 13.8 Å². The summed E-state index contributed by atoms with van der Waals surface area (Å²) in [6.45, 7) is 5.77. The van der Waals surface area contributed by atoms with Crippen LogP contribution in [0.4, 0.5) is 0 Å². The molecule has 0 aromatic heterocycles. The maximum Gasteiger partial charge on any atom is 0.0977 e. The minimum atomic E-state index is -0.352. The number of rotatable bonds is 3. The molecule has 0 radical (unpaired) electrons. The first-order valence-electron chi connectivity index (χ1n) is 2.95. The highest BCUT2D eigenvalue weighted by molar-refractivity contribution is 4.63. The molecule has 0 bridgehead atoms. The van der Waals surface area contributed by atoms with Crippen molar-refractivity contribution in [2.24, 2.45) is 0 Å². The zero-order valence-electron chi connectivity index (χ0n) is 6.27. The molecule has 0 aromatic carbocycles. The average Bonchev–Trinajstić information content (AvgIpc) is 1.67. The number of hydrogen-bond donors (Lipinski definition) is 1. The summed E-state index contributed by atoms with van der Waals surface area (Å²) in [6.07, 6.45) is 1.93. The Labute approximate surface area is 55.9 Å². The molecular formula is C6H16O3. The van der Waals surface area contributed by atoms with Crippen molar-refractivity contribution in [2.75, 3.05) is 0 Å². The Balaban J connectivity index is 0. The van der Waals surface area contributed by atoms with E-state index in [9.17, 15) is 0 Å². The van der Waals surface area contributed by atoms with Crippen LogP contribution in [0.3, 0.4) is 0 Å². The van der Waals surface area contributed by atoms with Gasteiger partial charge in [-0.05, 0) is 20.3 Å². The topological polar surface area (TPSA) is 61.0 Å². The standard InChI is InChI=1S/C6H14O2.H2O/c1-4-5-6(2,3)8-7;/h7H,4-5H2,1-3H3;1H2. The largest absolute Gasteiger partial charge is 0.412 e. The monoisotopic (exact) mass is 136 g/mol. The van der Waals surface area contributed by atoms with Gasteiger partial charge in [-0.3, -0.25) is 5.26 Å². The van der Waals surface area contributed by atoms with E-state index >= 15 is 0 Å². The van der Waals surface area contributed by atoms with E-state index in [2.05, 4.69) is 11.8 Å². The summed E-state index contributed by atoms with van der Waals surface area (Å²) in [5, 5.41) is 8.23. The zero-order valence-corrected chi connectivity index (χ0v) is 6.27. The van der Waals surface area contributed by atoms with Crippen LogP contribution in [0.5, 0.6) is 0 Å². The normalized spacial score (nSPS) is 10.7. The summed E-state index contributed by atoms with van der Waals surface area (Å²) in [5.74, 6) is 0. The zero-order chi connectivity index (χ0) is 6.62. The van der Waals surface area contributed by atoms with Gasteiger partial charge in [-0.25, -0.2) is 4.89 Å². The van der Waals surface area contributed by atoms with Crippen LogP contribution in [0.1, 0.15) is 33.6 Å². The Morgan fingerprint density at radius 3 is 2.00 bits per heavy atom. The van der Waals surface area contributed by atoms with E-state index < -0.39 is 0 Å². The van der Waals surface area contributed by atoms with Gasteiger partial charge in [0.1, 0.15) is 0 Å². The Bertz CT molecular complexity index is 61.3. The van der Waals surface area contributed by atoms with Crippen LogP contribution in [-0.2, 0) is 4.89 Å². The van der Waals surface area contributed by atoms with Crippen LogP contribution in [0, 0.1) is 0 Å². The van der Waals surface area contributed by atoms with Gasteiger partial charge in [0.05, 0.1) is 5.60 Å². The maximum absolute atomic E-state index is 8.23. The van der Waals surface area contributed by atoms with E-state index in [1.54, 1.807) is 0 Å². The van der Waals surface area contributed by atoms with E-state index in [1.165, 1.54) is 0 Å². The van der Waals surface area contributed by atoms with Crippen molar-refractivity contribution >= 4 is 0 Å². The fourth-order valence-electron chi connectivity index (χ4n) is 0.648. The molecule has 0 aliphatic carbocycles. The number of hydrogen-bond acceptors (Lipinski definition) is 2. The van der Waals surface area contributed by atoms with E-state index in [4.69, 9.17) is 5.26 Å². The molecule has 0 saturated carbocycles. The van der Waals surface area contributed by atoms with Gasteiger partial charge in [0.2, 0.25) is 0 Å². The molecule has 0 fully saturated rings. The molecule has 0 spiro atoms. The van der Waals surface area contributed by atoms with Gasteiger partial charge in [-0.1, -0.05) is 13.3 Å². The van der Waals surface area contributed by atoms with Gasteiger partial charge in [0.15, 0.2) is 0 Å². The summed E-state index contributed by atoms with van der Waals surface area (Å²) in [7, 11) is 0. The SMILES string of the molecule is CCCC(C)(C)OO.O. The Hall–Kier alpha value is -0.120. The lowest BCUT2D eigenvalue weighted by molar-refractivity contribution is -0.314. The molecule has 0 unspecified atom stereocenters. The summed E-state index contributed by atoms with van der Waals surface area (Å²) < 4.78 is 0. The van der Waals surface area contributed by atoms with Gasteiger partial charge < -0.3 is 5.48 Å². The summed E-state index contributed by atoms with van der Waals surface area (Å²) in [4.78, 5) is 4.18. The van der Waals surface area contributed by atoms with Gasteiger partial charge >= 0.3 is 0 Å². The Kier molecular flexibility index (Phi) is 6.12. The molecule has 3 N–H and O–H groups in total. The van der Waals surface area contributed by atoms with Crippen LogP contribution in [0.2, 0.25) is 0 Å². The van der Waals surface area contributed by atoms with Gasteiger partial charge in [-0.2, -0.15) is 0 Å². The predicted molar refractivity (Wildman–Crippen MR) is 36.3 cm³/mol. The van der Waals surface area contributed by atoms with Crippen LogP contribution in [-0.4, -0.2) is 16.3 Å². The van der Waals surface area contributed by atoms with Crippen molar-refractivity contribution in [3.8, 4) is 0 Å². The van der Waals surface area contributed by atoms with Crippen molar-refractivity contribution in [3.63, 3.8) is 0 Å². The molecule has 0 heterocycles. The van der Waals surface area contributed by atoms with Crippen LogP contribution in [0.15, 0.2) is 0 Å². The summed E-state index contributed by atoms with van der Waals surface area (Å²) in [5.41, 5.74) is -0.352. The Morgan fingerprint density at radius 2 is 1.89 bits per heavy atom.